The van der Waals surface area contributed by atoms with Gasteiger partial charge < -0.3 is 14.4 Å². The van der Waals surface area contributed by atoms with Crippen molar-refractivity contribution in [2.75, 3.05) is 26.4 Å². The average molecular weight is 311 g/mol. The van der Waals surface area contributed by atoms with Crippen molar-refractivity contribution in [3.63, 3.8) is 0 Å². The van der Waals surface area contributed by atoms with E-state index in [2.05, 4.69) is 4.74 Å². The lowest BCUT2D eigenvalue weighted by atomic mass is 10.0. The predicted molar refractivity (Wildman–Crippen MR) is 67.5 cm³/mol. The van der Waals surface area contributed by atoms with E-state index in [1.165, 1.54) is 4.90 Å². The van der Waals surface area contributed by atoms with Crippen molar-refractivity contribution in [1.82, 2.24) is 4.90 Å². The van der Waals surface area contributed by atoms with E-state index >= 15 is 0 Å². The fourth-order valence-electron chi connectivity index (χ4n) is 2.20. The Bertz CT molecular complexity index is 360. The number of rotatable bonds is 6. The van der Waals surface area contributed by atoms with Gasteiger partial charge in [0.05, 0.1) is 19.6 Å². The number of likely N-dealkylation sites (tertiary alicyclic amines) is 1. The van der Waals surface area contributed by atoms with Crippen LogP contribution < -0.4 is 0 Å². The molecule has 0 radical (unpaired) electrons. The number of piperidine rings is 1. The van der Waals surface area contributed by atoms with Crippen molar-refractivity contribution >= 4 is 11.9 Å². The summed E-state index contributed by atoms with van der Waals surface area (Å²) in [5, 5.41) is 0. The Morgan fingerprint density at radius 2 is 2.00 bits per heavy atom. The summed E-state index contributed by atoms with van der Waals surface area (Å²) in [4.78, 5) is 25.2. The zero-order chi connectivity index (χ0) is 15.9. The van der Waals surface area contributed by atoms with E-state index in [1.54, 1.807) is 6.92 Å². The van der Waals surface area contributed by atoms with Crippen LogP contribution in [0.4, 0.5) is 13.2 Å². The van der Waals surface area contributed by atoms with E-state index in [4.69, 9.17) is 4.74 Å². The summed E-state index contributed by atoms with van der Waals surface area (Å²) < 4.78 is 45.1. The molecule has 0 aliphatic carbocycles. The van der Waals surface area contributed by atoms with Gasteiger partial charge in [0.2, 0.25) is 5.91 Å². The van der Waals surface area contributed by atoms with Crippen LogP contribution in [0, 0.1) is 0 Å². The topological polar surface area (TPSA) is 55.8 Å². The number of nitrogens with zero attached hydrogens (tertiary/aromatic N) is 1. The summed E-state index contributed by atoms with van der Waals surface area (Å²) in [7, 11) is 0. The first kappa shape index (κ1) is 17.7. The summed E-state index contributed by atoms with van der Waals surface area (Å²) in [6.45, 7) is 0.636. The lowest BCUT2D eigenvalue weighted by Crippen LogP contribution is -2.48. The first-order valence-electron chi connectivity index (χ1n) is 6.95. The molecule has 1 aliphatic heterocycles. The Labute approximate surface area is 121 Å². The molecule has 8 heteroatoms. The molecule has 1 amide bonds. The first-order valence-corrected chi connectivity index (χ1v) is 6.95. The van der Waals surface area contributed by atoms with Crippen LogP contribution in [-0.4, -0.2) is 55.4 Å². The van der Waals surface area contributed by atoms with Gasteiger partial charge in [-0.1, -0.05) is 0 Å². The van der Waals surface area contributed by atoms with Gasteiger partial charge in [-0.15, -0.1) is 0 Å². The monoisotopic (exact) mass is 311 g/mol. The minimum Gasteiger partial charge on any atom is -0.464 e. The molecule has 0 aromatic heterocycles. The summed E-state index contributed by atoms with van der Waals surface area (Å²) in [5.41, 5.74) is 0. The quantitative estimate of drug-likeness (QED) is 0.555. The third kappa shape index (κ3) is 6.33. The number of alkyl halides is 3. The molecule has 21 heavy (non-hydrogen) atoms. The number of halogens is 3. The number of esters is 1. The van der Waals surface area contributed by atoms with Crippen molar-refractivity contribution < 1.29 is 32.2 Å². The molecule has 1 saturated heterocycles. The van der Waals surface area contributed by atoms with Crippen molar-refractivity contribution in [3.8, 4) is 0 Å². The second kappa shape index (κ2) is 8.21. The lowest BCUT2D eigenvalue weighted by Gasteiger charge is -2.34. The molecular weight excluding hydrogens is 291 g/mol. The maximum absolute atomic E-state index is 12.0. The highest BCUT2D eigenvalue weighted by Crippen LogP contribution is 2.19. The van der Waals surface area contributed by atoms with Crippen LogP contribution in [0.3, 0.4) is 0 Å². The number of ether oxygens (including phenoxy) is 2. The molecule has 5 nitrogen and oxygen atoms in total. The van der Waals surface area contributed by atoms with Crippen molar-refractivity contribution in [3.05, 3.63) is 0 Å². The van der Waals surface area contributed by atoms with E-state index in [0.717, 1.165) is 12.8 Å². The zero-order valence-electron chi connectivity index (χ0n) is 11.9. The molecule has 0 bridgehead atoms. The Hall–Kier alpha value is -1.31. The van der Waals surface area contributed by atoms with Crippen LogP contribution in [0.15, 0.2) is 0 Å². The maximum Gasteiger partial charge on any atom is 0.411 e. The van der Waals surface area contributed by atoms with Crippen LogP contribution in [-0.2, 0) is 19.1 Å². The molecular formula is C13H20F3NO4. The van der Waals surface area contributed by atoms with Crippen LogP contribution in [0.1, 0.15) is 32.6 Å². The number of hydrogen-bond acceptors (Lipinski definition) is 4. The SMILES string of the molecule is CCOC(=O)C1CCCCN1C(=O)CCOCC(F)(F)F. The number of amides is 1. The smallest absolute Gasteiger partial charge is 0.411 e. The van der Waals surface area contributed by atoms with Gasteiger partial charge in [-0.05, 0) is 26.2 Å². The molecule has 0 aromatic rings. The zero-order valence-corrected chi connectivity index (χ0v) is 11.9. The molecule has 0 saturated carbocycles. The van der Waals surface area contributed by atoms with Crippen molar-refractivity contribution in [2.45, 2.75) is 44.8 Å². The van der Waals surface area contributed by atoms with Gasteiger partial charge >= 0.3 is 12.1 Å². The van der Waals surface area contributed by atoms with Gasteiger partial charge in [0.15, 0.2) is 0 Å². The van der Waals surface area contributed by atoms with Crippen LogP contribution in [0.5, 0.6) is 0 Å². The molecule has 1 aliphatic rings. The average Bonchev–Trinajstić information content (AvgIpc) is 2.42. The van der Waals surface area contributed by atoms with E-state index in [9.17, 15) is 22.8 Å². The second-order valence-corrected chi connectivity index (χ2v) is 4.77. The van der Waals surface area contributed by atoms with Gasteiger partial charge in [0, 0.05) is 6.54 Å². The standard InChI is InChI=1S/C13H20F3NO4/c1-2-21-12(19)10-5-3-4-7-17(10)11(18)6-8-20-9-13(14,15)16/h10H,2-9H2,1H3. The predicted octanol–water partition coefficient (Wildman–Crippen LogP) is 1.90. The Kier molecular flexibility index (Phi) is 6.94. The molecule has 1 fully saturated rings. The number of hydrogen-bond donors (Lipinski definition) is 0. The summed E-state index contributed by atoms with van der Waals surface area (Å²) in [6, 6.07) is -0.631. The molecule has 0 aromatic carbocycles. The highest BCUT2D eigenvalue weighted by Gasteiger charge is 2.33. The number of carbonyl (C=O) groups is 2. The van der Waals surface area contributed by atoms with Gasteiger partial charge in [-0.2, -0.15) is 13.2 Å². The van der Waals surface area contributed by atoms with E-state index < -0.39 is 24.8 Å². The van der Waals surface area contributed by atoms with Gasteiger partial charge in [0.25, 0.3) is 0 Å². The first-order chi connectivity index (χ1) is 9.85. The normalized spacial score (nSPS) is 19.4. The molecule has 122 valence electrons. The summed E-state index contributed by atoms with van der Waals surface area (Å²) in [6.07, 6.45) is -2.47. The third-order valence-electron chi connectivity index (χ3n) is 3.11. The molecule has 1 atom stereocenters. The highest BCUT2D eigenvalue weighted by molar-refractivity contribution is 5.84. The van der Waals surface area contributed by atoms with Gasteiger partial charge in [-0.25, -0.2) is 4.79 Å². The minimum absolute atomic E-state index is 0.175. The molecule has 0 spiro atoms. The lowest BCUT2D eigenvalue weighted by molar-refractivity contribution is -0.175. The Balaban J connectivity index is 2.44. The Morgan fingerprint density at radius 3 is 2.62 bits per heavy atom. The fourth-order valence-corrected chi connectivity index (χ4v) is 2.20. The fraction of sp³-hybridized carbons (Fsp3) is 0.846. The van der Waals surface area contributed by atoms with Crippen LogP contribution >= 0.6 is 0 Å². The largest absolute Gasteiger partial charge is 0.464 e. The van der Waals surface area contributed by atoms with E-state index in [0.29, 0.717) is 13.0 Å². The maximum atomic E-state index is 12.0. The molecule has 1 unspecified atom stereocenters. The molecule has 1 heterocycles. The Morgan fingerprint density at radius 1 is 1.29 bits per heavy atom. The molecule has 1 rings (SSSR count). The summed E-state index contributed by atoms with van der Waals surface area (Å²) in [5.74, 6) is -0.836. The third-order valence-corrected chi connectivity index (χ3v) is 3.11. The summed E-state index contributed by atoms with van der Waals surface area (Å²) >= 11 is 0. The van der Waals surface area contributed by atoms with Gasteiger partial charge in [-0.3, -0.25) is 4.79 Å². The van der Waals surface area contributed by atoms with Gasteiger partial charge in [0.1, 0.15) is 12.6 Å². The molecule has 0 N–H and O–H groups in total. The second-order valence-electron chi connectivity index (χ2n) is 4.77. The number of carbonyl (C=O) groups excluding carboxylic acids is 2. The van der Waals surface area contributed by atoms with Crippen LogP contribution in [0.2, 0.25) is 0 Å². The van der Waals surface area contributed by atoms with Crippen LogP contribution in [0.25, 0.3) is 0 Å². The highest BCUT2D eigenvalue weighted by atomic mass is 19.4. The van der Waals surface area contributed by atoms with E-state index in [1.807, 2.05) is 0 Å². The van der Waals surface area contributed by atoms with Crippen molar-refractivity contribution in [1.29, 1.82) is 0 Å². The van der Waals surface area contributed by atoms with Crippen molar-refractivity contribution in [2.24, 2.45) is 0 Å². The van der Waals surface area contributed by atoms with E-state index in [-0.39, 0.29) is 25.5 Å². The minimum atomic E-state index is -4.40.